The Bertz CT molecular complexity index is 1210. The monoisotopic (exact) mass is 418 g/mol. The maximum Gasteiger partial charge on any atom is 0.340 e. The number of carboxylic acid groups (broad SMARTS) is 1. The van der Waals surface area contributed by atoms with E-state index in [-0.39, 0.29) is 28.2 Å². The van der Waals surface area contributed by atoms with Gasteiger partial charge in [0.2, 0.25) is 0 Å². The molecular weight excluding hydrogens is 396 g/mol. The van der Waals surface area contributed by atoms with Crippen molar-refractivity contribution in [3.63, 3.8) is 0 Å². The fourth-order valence-corrected chi connectivity index (χ4v) is 4.41. The standard InChI is InChI=1S/C25H22O6/c1-12-10-20(26)14(3)8-18(12)25(19-9-15(4)21(27)11-13(19)2)22-16(23(28)29)6-5-7-17(22)24(30)31-25/h5-11,26-27H,1-4H3,(H,28,29). The van der Waals surface area contributed by atoms with Gasteiger partial charge in [0, 0.05) is 16.7 Å². The first kappa shape index (κ1) is 20.5. The van der Waals surface area contributed by atoms with E-state index in [2.05, 4.69) is 0 Å². The van der Waals surface area contributed by atoms with Crippen LogP contribution in [0.15, 0.2) is 42.5 Å². The van der Waals surface area contributed by atoms with Gasteiger partial charge in [0.1, 0.15) is 11.5 Å². The predicted octanol–water partition coefficient (Wildman–Crippen LogP) is 4.49. The van der Waals surface area contributed by atoms with Crippen LogP contribution in [0.2, 0.25) is 0 Å². The van der Waals surface area contributed by atoms with Crippen LogP contribution in [0, 0.1) is 27.7 Å². The number of hydrogen-bond donors (Lipinski definition) is 3. The number of carbonyl (C=O) groups is 2. The first-order valence-electron chi connectivity index (χ1n) is 9.79. The van der Waals surface area contributed by atoms with Gasteiger partial charge in [-0.25, -0.2) is 9.59 Å². The van der Waals surface area contributed by atoms with Crippen molar-refractivity contribution < 1.29 is 29.6 Å². The van der Waals surface area contributed by atoms with Gasteiger partial charge >= 0.3 is 11.9 Å². The molecule has 1 aliphatic heterocycles. The molecule has 0 saturated heterocycles. The van der Waals surface area contributed by atoms with Crippen molar-refractivity contribution in [2.45, 2.75) is 33.3 Å². The maximum atomic E-state index is 13.0. The Balaban J connectivity index is 2.23. The van der Waals surface area contributed by atoms with Crippen molar-refractivity contribution in [1.29, 1.82) is 0 Å². The minimum atomic E-state index is -1.55. The summed E-state index contributed by atoms with van der Waals surface area (Å²) in [5.74, 6) is -1.63. The number of phenolic OH excluding ortho intramolecular Hbond substituents is 2. The van der Waals surface area contributed by atoms with Crippen LogP contribution in [-0.2, 0) is 10.3 Å². The SMILES string of the molecule is Cc1cc(C2(c3cc(C)c(O)cc3C)OC(=O)c3cccc(C(=O)O)c32)c(C)cc1O. The zero-order valence-electron chi connectivity index (χ0n) is 17.6. The Hall–Kier alpha value is -3.80. The van der Waals surface area contributed by atoms with E-state index in [0.29, 0.717) is 33.4 Å². The number of aryl methyl sites for hydroxylation is 4. The molecule has 0 aromatic heterocycles. The molecule has 0 bridgehead atoms. The average Bonchev–Trinajstić information content (AvgIpc) is 3.01. The highest BCUT2D eigenvalue weighted by Crippen LogP contribution is 2.51. The third kappa shape index (κ3) is 2.86. The van der Waals surface area contributed by atoms with E-state index in [0.717, 1.165) is 0 Å². The van der Waals surface area contributed by atoms with Crippen LogP contribution < -0.4 is 0 Å². The highest BCUT2D eigenvalue weighted by atomic mass is 16.6. The minimum absolute atomic E-state index is 0.0430. The maximum absolute atomic E-state index is 13.0. The van der Waals surface area contributed by atoms with Crippen LogP contribution in [0.5, 0.6) is 11.5 Å². The van der Waals surface area contributed by atoms with Gasteiger partial charge < -0.3 is 20.1 Å². The molecule has 0 aliphatic carbocycles. The Kier molecular flexibility index (Phi) is 4.54. The molecule has 0 unspecified atom stereocenters. The smallest absolute Gasteiger partial charge is 0.340 e. The van der Waals surface area contributed by atoms with Crippen LogP contribution in [-0.4, -0.2) is 27.3 Å². The second-order valence-electron chi connectivity index (χ2n) is 8.01. The van der Waals surface area contributed by atoms with Crippen LogP contribution in [0.4, 0.5) is 0 Å². The van der Waals surface area contributed by atoms with E-state index in [4.69, 9.17) is 4.74 Å². The molecule has 6 nitrogen and oxygen atoms in total. The number of rotatable bonds is 3. The van der Waals surface area contributed by atoms with Gasteiger partial charge in [-0.2, -0.15) is 0 Å². The van der Waals surface area contributed by atoms with Crippen LogP contribution in [0.25, 0.3) is 0 Å². The molecule has 6 heteroatoms. The van der Waals surface area contributed by atoms with Crippen LogP contribution in [0.3, 0.4) is 0 Å². The molecule has 0 fully saturated rings. The summed E-state index contributed by atoms with van der Waals surface area (Å²) in [6, 6.07) is 11.1. The van der Waals surface area contributed by atoms with Crippen molar-refractivity contribution in [1.82, 2.24) is 0 Å². The van der Waals surface area contributed by atoms with E-state index in [1.54, 1.807) is 58.0 Å². The highest BCUT2D eigenvalue weighted by molar-refractivity contribution is 6.02. The first-order valence-corrected chi connectivity index (χ1v) is 9.79. The van der Waals surface area contributed by atoms with E-state index in [9.17, 15) is 24.9 Å². The molecule has 0 amide bonds. The van der Waals surface area contributed by atoms with Gasteiger partial charge in [-0.15, -0.1) is 0 Å². The summed E-state index contributed by atoms with van der Waals surface area (Å²) in [7, 11) is 0. The van der Waals surface area contributed by atoms with Gasteiger partial charge in [-0.1, -0.05) is 6.07 Å². The normalized spacial score (nSPS) is 14.3. The lowest BCUT2D eigenvalue weighted by molar-refractivity contribution is 0.0242. The summed E-state index contributed by atoms with van der Waals surface area (Å²) >= 11 is 0. The number of aromatic carboxylic acids is 1. The molecule has 0 atom stereocenters. The average molecular weight is 418 g/mol. The zero-order chi connectivity index (χ0) is 22.7. The Labute approximate surface area is 179 Å². The van der Waals surface area contributed by atoms with Crippen molar-refractivity contribution >= 4 is 11.9 Å². The summed E-state index contributed by atoms with van der Waals surface area (Å²) in [5.41, 5.74) is 2.32. The molecule has 1 aliphatic rings. The minimum Gasteiger partial charge on any atom is -0.508 e. The number of hydrogen-bond acceptors (Lipinski definition) is 5. The van der Waals surface area contributed by atoms with Crippen molar-refractivity contribution in [2.24, 2.45) is 0 Å². The number of phenols is 2. The fraction of sp³-hybridized carbons (Fsp3) is 0.200. The molecule has 158 valence electrons. The Morgan fingerprint density at radius 1 is 0.839 bits per heavy atom. The number of ether oxygens (including phenoxy) is 1. The zero-order valence-corrected chi connectivity index (χ0v) is 17.6. The summed E-state index contributed by atoms with van der Waals surface area (Å²) in [5, 5.41) is 30.4. The lowest BCUT2D eigenvalue weighted by atomic mass is 9.74. The third-order valence-corrected chi connectivity index (χ3v) is 5.96. The Morgan fingerprint density at radius 2 is 1.35 bits per heavy atom. The third-order valence-electron chi connectivity index (χ3n) is 5.96. The molecule has 4 rings (SSSR count). The molecule has 31 heavy (non-hydrogen) atoms. The van der Waals surface area contributed by atoms with Crippen LogP contribution >= 0.6 is 0 Å². The molecule has 3 aromatic carbocycles. The van der Waals surface area contributed by atoms with Gasteiger partial charge in [0.25, 0.3) is 0 Å². The molecular formula is C25H22O6. The van der Waals surface area contributed by atoms with Gasteiger partial charge in [0.15, 0.2) is 5.60 Å². The van der Waals surface area contributed by atoms with E-state index >= 15 is 0 Å². The highest BCUT2D eigenvalue weighted by Gasteiger charge is 2.52. The quantitative estimate of drug-likeness (QED) is 0.542. The number of carbonyl (C=O) groups excluding carboxylic acids is 1. The molecule has 1 heterocycles. The fourth-order valence-electron chi connectivity index (χ4n) is 4.41. The van der Waals surface area contributed by atoms with Crippen LogP contribution in [0.1, 0.15) is 59.7 Å². The molecule has 0 spiro atoms. The number of aromatic hydroxyl groups is 2. The predicted molar refractivity (Wildman–Crippen MR) is 114 cm³/mol. The first-order chi connectivity index (χ1) is 14.6. The number of benzene rings is 3. The number of cyclic esters (lactones) is 1. The van der Waals surface area contributed by atoms with Crippen molar-refractivity contribution in [2.75, 3.05) is 0 Å². The second kappa shape index (κ2) is 6.87. The Morgan fingerprint density at radius 3 is 1.84 bits per heavy atom. The molecule has 3 N–H and O–H groups in total. The van der Waals surface area contributed by atoms with Gasteiger partial charge in [0.05, 0.1) is 11.1 Å². The van der Waals surface area contributed by atoms with Gasteiger partial charge in [-0.3, -0.25) is 0 Å². The summed E-state index contributed by atoms with van der Waals surface area (Å²) < 4.78 is 6.07. The van der Waals surface area contributed by atoms with E-state index in [1.807, 2.05) is 0 Å². The summed E-state index contributed by atoms with van der Waals surface area (Å²) in [4.78, 5) is 25.2. The number of fused-ring (bicyclic) bond motifs is 1. The largest absolute Gasteiger partial charge is 0.508 e. The number of carboxylic acids is 1. The van der Waals surface area contributed by atoms with Crippen molar-refractivity contribution in [3.8, 4) is 11.5 Å². The van der Waals surface area contributed by atoms with E-state index in [1.165, 1.54) is 12.1 Å². The number of esters is 1. The second-order valence-corrected chi connectivity index (χ2v) is 8.01. The summed E-state index contributed by atoms with van der Waals surface area (Å²) in [6.45, 7) is 6.99. The van der Waals surface area contributed by atoms with Crippen molar-refractivity contribution in [3.05, 3.63) is 92.5 Å². The van der Waals surface area contributed by atoms with E-state index < -0.39 is 17.5 Å². The lowest BCUT2D eigenvalue weighted by Gasteiger charge is -2.34. The topological polar surface area (TPSA) is 104 Å². The van der Waals surface area contributed by atoms with Gasteiger partial charge in [-0.05, 0) is 86.3 Å². The lowest BCUT2D eigenvalue weighted by Crippen LogP contribution is -2.33. The molecule has 3 aromatic rings. The summed E-state index contributed by atoms with van der Waals surface area (Å²) in [6.07, 6.45) is 0. The molecule has 0 radical (unpaired) electrons. The molecule has 0 saturated carbocycles.